The molecule has 0 spiro atoms. The van der Waals surface area contributed by atoms with Gasteiger partial charge in [0.2, 0.25) is 5.91 Å². The first-order valence-electron chi connectivity index (χ1n) is 6.52. The Morgan fingerprint density at radius 1 is 1.14 bits per heavy atom. The summed E-state index contributed by atoms with van der Waals surface area (Å²) in [6.07, 6.45) is 0. The van der Waals surface area contributed by atoms with Gasteiger partial charge in [0.15, 0.2) is 0 Å². The van der Waals surface area contributed by atoms with Gasteiger partial charge in [-0.05, 0) is 29.8 Å². The third kappa shape index (κ3) is 4.79. The van der Waals surface area contributed by atoms with E-state index in [4.69, 9.17) is 4.74 Å². The molecule has 2 rings (SSSR count). The van der Waals surface area contributed by atoms with Gasteiger partial charge in [0, 0.05) is 35.4 Å². The number of nitrogens with one attached hydrogen (secondary N) is 2. The zero-order chi connectivity index (χ0) is 15.2. The number of hydrogen-bond acceptors (Lipinski definition) is 3. The van der Waals surface area contributed by atoms with Crippen molar-refractivity contribution in [3.8, 4) is 5.75 Å². The van der Waals surface area contributed by atoms with Crippen molar-refractivity contribution in [2.45, 2.75) is 13.5 Å². The average molecular weight is 349 g/mol. The van der Waals surface area contributed by atoms with Crippen molar-refractivity contribution in [2.24, 2.45) is 0 Å². The molecule has 0 heterocycles. The highest BCUT2D eigenvalue weighted by atomic mass is 79.9. The molecule has 0 saturated carbocycles. The second kappa shape index (κ2) is 7.13. The summed E-state index contributed by atoms with van der Waals surface area (Å²) in [5, 5.41) is 6.09. The molecule has 2 aromatic rings. The number of benzene rings is 2. The Bertz CT molecular complexity index is 627. The van der Waals surface area contributed by atoms with Gasteiger partial charge in [0.1, 0.15) is 5.75 Å². The summed E-state index contributed by atoms with van der Waals surface area (Å²) in [4.78, 5) is 11.0. The van der Waals surface area contributed by atoms with Gasteiger partial charge in [-0.15, -0.1) is 0 Å². The summed E-state index contributed by atoms with van der Waals surface area (Å²) in [6, 6.07) is 13.6. The van der Waals surface area contributed by atoms with Crippen LogP contribution in [0.4, 0.5) is 11.4 Å². The first-order chi connectivity index (χ1) is 10.1. The summed E-state index contributed by atoms with van der Waals surface area (Å²) >= 11 is 3.45. The molecule has 2 aromatic carbocycles. The second-order valence-electron chi connectivity index (χ2n) is 4.61. The molecule has 0 aliphatic heterocycles. The Morgan fingerprint density at radius 3 is 2.48 bits per heavy atom. The van der Waals surface area contributed by atoms with Crippen molar-refractivity contribution in [3.63, 3.8) is 0 Å². The SMILES string of the molecule is COc1cc(Br)cc(NCc2ccc(NC(C)=O)cc2)c1. The molecule has 0 unspecified atom stereocenters. The molecule has 4 nitrogen and oxygen atoms in total. The third-order valence-corrected chi connectivity index (χ3v) is 3.34. The maximum Gasteiger partial charge on any atom is 0.221 e. The van der Waals surface area contributed by atoms with Gasteiger partial charge >= 0.3 is 0 Å². The Balaban J connectivity index is 1.99. The van der Waals surface area contributed by atoms with E-state index in [0.717, 1.165) is 27.2 Å². The quantitative estimate of drug-likeness (QED) is 0.857. The van der Waals surface area contributed by atoms with E-state index in [9.17, 15) is 4.79 Å². The van der Waals surface area contributed by atoms with E-state index in [2.05, 4.69) is 26.6 Å². The second-order valence-corrected chi connectivity index (χ2v) is 5.53. The van der Waals surface area contributed by atoms with Crippen LogP contribution in [0.3, 0.4) is 0 Å². The van der Waals surface area contributed by atoms with Crippen molar-refractivity contribution >= 4 is 33.2 Å². The van der Waals surface area contributed by atoms with E-state index in [-0.39, 0.29) is 5.91 Å². The minimum absolute atomic E-state index is 0.0675. The lowest BCUT2D eigenvalue weighted by atomic mass is 10.2. The summed E-state index contributed by atoms with van der Waals surface area (Å²) < 4.78 is 6.19. The van der Waals surface area contributed by atoms with E-state index in [1.54, 1.807) is 7.11 Å². The number of amides is 1. The van der Waals surface area contributed by atoms with Crippen LogP contribution >= 0.6 is 15.9 Å². The lowest BCUT2D eigenvalue weighted by Gasteiger charge is -2.10. The Morgan fingerprint density at radius 2 is 1.86 bits per heavy atom. The Kier molecular flexibility index (Phi) is 5.22. The normalized spacial score (nSPS) is 10.0. The summed E-state index contributed by atoms with van der Waals surface area (Å²) in [5.74, 6) is 0.731. The highest BCUT2D eigenvalue weighted by Gasteiger charge is 2.01. The standard InChI is InChI=1S/C16H17BrN2O2/c1-11(20)19-14-5-3-12(4-6-14)10-18-15-7-13(17)8-16(9-15)21-2/h3-9,18H,10H2,1-2H3,(H,19,20). The van der Waals surface area contributed by atoms with E-state index in [1.165, 1.54) is 6.92 Å². The molecule has 0 aliphatic carbocycles. The molecule has 0 atom stereocenters. The third-order valence-electron chi connectivity index (χ3n) is 2.88. The first-order valence-corrected chi connectivity index (χ1v) is 7.31. The van der Waals surface area contributed by atoms with Crippen LogP contribution in [0.5, 0.6) is 5.75 Å². The summed E-state index contributed by atoms with van der Waals surface area (Å²) in [5.41, 5.74) is 2.91. The molecule has 5 heteroatoms. The number of carbonyl (C=O) groups is 1. The Hall–Kier alpha value is -2.01. The van der Waals surface area contributed by atoms with Gasteiger partial charge in [-0.25, -0.2) is 0 Å². The molecule has 0 aliphatic rings. The molecule has 1 amide bonds. The minimum atomic E-state index is -0.0675. The van der Waals surface area contributed by atoms with Gasteiger partial charge in [0.25, 0.3) is 0 Å². The maximum atomic E-state index is 11.0. The lowest BCUT2D eigenvalue weighted by molar-refractivity contribution is -0.114. The van der Waals surface area contributed by atoms with Crippen molar-refractivity contribution in [1.29, 1.82) is 0 Å². The van der Waals surface area contributed by atoms with Gasteiger partial charge < -0.3 is 15.4 Å². The number of ether oxygens (including phenoxy) is 1. The van der Waals surface area contributed by atoms with Crippen LogP contribution < -0.4 is 15.4 Å². The van der Waals surface area contributed by atoms with Crippen LogP contribution in [0.25, 0.3) is 0 Å². The molecule has 0 radical (unpaired) electrons. The smallest absolute Gasteiger partial charge is 0.221 e. The molecule has 0 fully saturated rings. The molecule has 0 bridgehead atoms. The molecular weight excluding hydrogens is 332 g/mol. The highest BCUT2D eigenvalue weighted by Crippen LogP contribution is 2.25. The largest absolute Gasteiger partial charge is 0.497 e. The fraction of sp³-hybridized carbons (Fsp3) is 0.188. The predicted molar refractivity (Wildman–Crippen MR) is 88.8 cm³/mol. The number of anilines is 2. The van der Waals surface area contributed by atoms with Crippen LogP contribution in [0, 0.1) is 0 Å². The molecular formula is C16H17BrN2O2. The fourth-order valence-corrected chi connectivity index (χ4v) is 2.37. The van der Waals surface area contributed by atoms with Gasteiger partial charge in [0.05, 0.1) is 7.11 Å². The zero-order valence-electron chi connectivity index (χ0n) is 11.9. The van der Waals surface area contributed by atoms with E-state index in [1.807, 2.05) is 42.5 Å². The average Bonchev–Trinajstić information content (AvgIpc) is 2.45. The topological polar surface area (TPSA) is 50.4 Å². The van der Waals surface area contributed by atoms with Gasteiger partial charge in [-0.3, -0.25) is 4.79 Å². The van der Waals surface area contributed by atoms with Crippen LogP contribution in [0.1, 0.15) is 12.5 Å². The van der Waals surface area contributed by atoms with E-state index < -0.39 is 0 Å². The van der Waals surface area contributed by atoms with Gasteiger partial charge in [-0.2, -0.15) is 0 Å². The molecule has 2 N–H and O–H groups in total. The molecule has 0 saturated heterocycles. The number of methoxy groups -OCH3 is 1. The molecule has 0 aromatic heterocycles. The van der Waals surface area contributed by atoms with Crippen molar-refractivity contribution in [3.05, 3.63) is 52.5 Å². The van der Waals surface area contributed by atoms with Crippen LogP contribution in [-0.2, 0) is 11.3 Å². The fourth-order valence-electron chi connectivity index (χ4n) is 1.90. The predicted octanol–water partition coefficient (Wildman–Crippen LogP) is 4.03. The molecule has 21 heavy (non-hydrogen) atoms. The monoisotopic (exact) mass is 348 g/mol. The number of hydrogen-bond donors (Lipinski definition) is 2. The first kappa shape index (κ1) is 15.4. The van der Waals surface area contributed by atoms with E-state index in [0.29, 0.717) is 6.54 Å². The zero-order valence-corrected chi connectivity index (χ0v) is 13.5. The van der Waals surface area contributed by atoms with Crippen molar-refractivity contribution in [2.75, 3.05) is 17.7 Å². The number of rotatable bonds is 5. The lowest BCUT2D eigenvalue weighted by Crippen LogP contribution is -2.06. The number of halogens is 1. The number of carbonyl (C=O) groups excluding carboxylic acids is 1. The summed E-state index contributed by atoms with van der Waals surface area (Å²) in [7, 11) is 1.65. The van der Waals surface area contributed by atoms with Gasteiger partial charge in [-0.1, -0.05) is 28.1 Å². The summed E-state index contributed by atoms with van der Waals surface area (Å²) in [6.45, 7) is 2.19. The molecule has 110 valence electrons. The van der Waals surface area contributed by atoms with Crippen LogP contribution in [0.15, 0.2) is 46.9 Å². The van der Waals surface area contributed by atoms with Crippen molar-refractivity contribution < 1.29 is 9.53 Å². The maximum absolute atomic E-state index is 11.0. The highest BCUT2D eigenvalue weighted by molar-refractivity contribution is 9.10. The van der Waals surface area contributed by atoms with Crippen LogP contribution in [0.2, 0.25) is 0 Å². The van der Waals surface area contributed by atoms with E-state index >= 15 is 0 Å². The van der Waals surface area contributed by atoms with Crippen LogP contribution in [-0.4, -0.2) is 13.0 Å². The van der Waals surface area contributed by atoms with Crippen molar-refractivity contribution in [1.82, 2.24) is 0 Å². The Labute approximate surface area is 132 Å². The minimum Gasteiger partial charge on any atom is -0.497 e.